The van der Waals surface area contributed by atoms with Crippen LogP contribution < -0.4 is 0 Å². The van der Waals surface area contributed by atoms with Crippen LogP contribution in [0.5, 0.6) is 0 Å². The molecule has 4 nitrogen and oxygen atoms in total. The molecule has 1 atom stereocenters. The lowest BCUT2D eigenvalue weighted by atomic mass is 9.57. The zero-order valence-electron chi connectivity index (χ0n) is 9.83. The second-order valence-corrected chi connectivity index (χ2v) is 4.84. The average molecular weight is 228 g/mol. The van der Waals surface area contributed by atoms with Gasteiger partial charge in [0.1, 0.15) is 5.60 Å². The van der Waals surface area contributed by atoms with Crippen molar-refractivity contribution in [2.75, 3.05) is 19.8 Å². The van der Waals surface area contributed by atoms with E-state index >= 15 is 0 Å². The first kappa shape index (κ1) is 11.9. The standard InChI is InChI=1S/C12H20O4/c1-2-16-10(13)11(5-3-6-11)12(14)7-4-8-15-9-12/h14H,2-9H2,1H3. The van der Waals surface area contributed by atoms with Gasteiger partial charge in [-0.15, -0.1) is 0 Å². The monoisotopic (exact) mass is 228 g/mol. The number of esters is 1. The lowest BCUT2D eigenvalue weighted by Gasteiger charge is -2.52. The van der Waals surface area contributed by atoms with Crippen LogP contribution in [0.4, 0.5) is 0 Å². The van der Waals surface area contributed by atoms with Gasteiger partial charge in [0.25, 0.3) is 0 Å². The van der Waals surface area contributed by atoms with E-state index < -0.39 is 11.0 Å². The van der Waals surface area contributed by atoms with Crippen LogP contribution in [-0.2, 0) is 14.3 Å². The van der Waals surface area contributed by atoms with E-state index in [1.54, 1.807) is 6.92 Å². The summed E-state index contributed by atoms with van der Waals surface area (Å²) in [6.07, 6.45) is 3.90. The van der Waals surface area contributed by atoms with Crippen LogP contribution in [0.15, 0.2) is 0 Å². The number of carbonyl (C=O) groups excluding carboxylic acids is 1. The molecule has 2 fully saturated rings. The first-order chi connectivity index (χ1) is 7.65. The van der Waals surface area contributed by atoms with Crippen LogP contribution >= 0.6 is 0 Å². The largest absolute Gasteiger partial charge is 0.465 e. The first-order valence-electron chi connectivity index (χ1n) is 6.12. The van der Waals surface area contributed by atoms with Gasteiger partial charge in [0.2, 0.25) is 0 Å². The van der Waals surface area contributed by atoms with Crippen LogP contribution in [0.2, 0.25) is 0 Å². The molecule has 1 heterocycles. The van der Waals surface area contributed by atoms with Gasteiger partial charge in [-0.2, -0.15) is 0 Å². The minimum atomic E-state index is -1.00. The Morgan fingerprint density at radius 1 is 1.38 bits per heavy atom. The summed E-state index contributed by atoms with van der Waals surface area (Å²) in [6.45, 7) is 3.12. The molecule has 2 rings (SSSR count). The maximum absolute atomic E-state index is 12.0. The maximum atomic E-state index is 12.0. The minimum Gasteiger partial charge on any atom is -0.465 e. The van der Waals surface area contributed by atoms with Crippen LogP contribution in [0.3, 0.4) is 0 Å². The van der Waals surface area contributed by atoms with Gasteiger partial charge in [-0.25, -0.2) is 0 Å². The predicted molar refractivity (Wildman–Crippen MR) is 57.9 cm³/mol. The van der Waals surface area contributed by atoms with E-state index in [1.165, 1.54) is 0 Å². The van der Waals surface area contributed by atoms with E-state index in [9.17, 15) is 9.90 Å². The molecular weight excluding hydrogens is 208 g/mol. The van der Waals surface area contributed by atoms with Crippen LogP contribution in [0.25, 0.3) is 0 Å². The molecule has 0 radical (unpaired) electrons. The van der Waals surface area contributed by atoms with Gasteiger partial charge >= 0.3 is 5.97 Å². The highest BCUT2D eigenvalue weighted by Crippen LogP contribution is 2.52. The molecule has 1 aliphatic carbocycles. The molecule has 0 aromatic heterocycles. The van der Waals surface area contributed by atoms with Gasteiger partial charge in [0, 0.05) is 6.61 Å². The average Bonchev–Trinajstić information content (AvgIpc) is 2.16. The van der Waals surface area contributed by atoms with E-state index in [4.69, 9.17) is 9.47 Å². The fourth-order valence-electron chi connectivity index (χ4n) is 2.82. The van der Waals surface area contributed by atoms with Gasteiger partial charge < -0.3 is 14.6 Å². The molecule has 1 aliphatic heterocycles. The fraction of sp³-hybridized carbons (Fsp3) is 0.917. The van der Waals surface area contributed by atoms with E-state index in [1.807, 2.05) is 0 Å². The van der Waals surface area contributed by atoms with Crippen molar-refractivity contribution < 1.29 is 19.4 Å². The maximum Gasteiger partial charge on any atom is 0.315 e. The summed E-state index contributed by atoms with van der Waals surface area (Å²) in [5.74, 6) is -0.241. The number of hydrogen-bond donors (Lipinski definition) is 1. The molecule has 0 aromatic rings. The van der Waals surface area contributed by atoms with Crippen molar-refractivity contribution in [3.8, 4) is 0 Å². The van der Waals surface area contributed by atoms with Gasteiger partial charge in [0.15, 0.2) is 0 Å². The van der Waals surface area contributed by atoms with Crippen LogP contribution in [0, 0.1) is 5.41 Å². The third-order valence-electron chi connectivity index (χ3n) is 3.98. The smallest absolute Gasteiger partial charge is 0.315 e. The number of carbonyl (C=O) groups is 1. The van der Waals surface area contributed by atoms with Gasteiger partial charge in [0.05, 0.1) is 18.6 Å². The van der Waals surface area contributed by atoms with Crippen molar-refractivity contribution in [1.82, 2.24) is 0 Å². The van der Waals surface area contributed by atoms with Crippen molar-refractivity contribution in [3.05, 3.63) is 0 Å². The summed E-state index contributed by atoms with van der Waals surface area (Å²) in [4.78, 5) is 12.0. The minimum absolute atomic E-state index is 0.241. The van der Waals surface area contributed by atoms with Gasteiger partial charge in [-0.05, 0) is 32.6 Å². The summed E-state index contributed by atoms with van der Waals surface area (Å²) >= 11 is 0. The van der Waals surface area contributed by atoms with Gasteiger partial charge in [-0.1, -0.05) is 6.42 Å². The quantitative estimate of drug-likeness (QED) is 0.739. The molecule has 2 aliphatic rings. The third-order valence-corrected chi connectivity index (χ3v) is 3.98. The topological polar surface area (TPSA) is 55.8 Å². The predicted octanol–water partition coefficient (Wildman–Crippen LogP) is 1.26. The van der Waals surface area contributed by atoms with Crippen molar-refractivity contribution in [2.45, 2.75) is 44.6 Å². The summed E-state index contributed by atoms with van der Waals surface area (Å²) in [5, 5.41) is 10.6. The number of hydrogen-bond acceptors (Lipinski definition) is 4. The second-order valence-electron chi connectivity index (χ2n) is 4.84. The Morgan fingerprint density at radius 3 is 2.56 bits per heavy atom. The Hall–Kier alpha value is -0.610. The molecular formula is C12H20O4. The third kappa shape index (κ3) is 1.64. The van der Waals surface area contributed by atoms with E-state index in [-0.39, 0.29) is 12.6 Å². The Balaban J connectivity index is 2.16. The Morgan fingerprint density at radius 2 is 2.12 bits per heavy atom. The summed E-state index contributed by atoms with van der Waals surface area (Å²) in [7, 11) is 0. The molecule has 0 aromatic carbocycles. The van der Waals surface area contributed by atoms with Crippen molar-refractivity contribution in [1.29, 1.82) is 0 Å². The molecule has 16 heavy (non-hydrogen) atoms. The van der Waals surface area contributed by atoms with E-state index in [2.05, 4.69) is 0 Å². The highest BCUT2D eigenvalue weighted by Gasteiger charge is 2.60. The molecule has 1 unspecified atom stereocenters. The molecule has 0 spiro atoms. The summed E-state index contributed by atoms with van der Waals surface area (Å²) in [6, 6.07) is 0. The Bertz CT molecular complexity index is 264. The zero-order valence-corrected chi connectivity index (χ0v) is 9.83. The van der Waals surface area contributed by atoms with Gasteiger partial charge in [-0.3, -0.25) is 4.79 Å². The second kappa shape index (κ2) is 4.34. The highest BCUT2D eigenvalue weighted by molar-refractivity contribution is 5.79. The van der Waals surface area contributed by atoms with Crippen molar-refractivity contribution in [2.24, 2.45) is 5.41 Å². The number of rotatable bonds is 3. The Labute approximate surface area is 95.9 Å². The van der Waals surface area contributed by atoms with E-state index in [0.717, 1.165) is 25.7 Å². The molecule has 0 bridgehead atoms. The SMILES string of the molecule is CCOC(=O)C1(C2(O)CCCOC2)CCC1. The molecule has 0 amide bonds. The summed E-state index contributed by atoms with van der Waals surface area (Å²) < 4.78 is 10.5. The molecule has 1 saturated carbocycles. The Kier molecular flexibility index (Phi) is 3.22. The molecule has 1 N–H and O–H groups in total. The first-order valence-corrected chi connectivity index (χ1v) is 6.12. The van der Waals surface area contributed by atoms with Crippen molar-refractivity contribution >= 4 is 5.97 Å². The molecule has 92 valence electrons. The normalized spacial score (nSPS) is 32.9. The fourth-order valence-corrected chi connectivity index (χ4v) is 2.82. The molecule has 1 saturated heterocycles. The highest BCUT2D eigenvalue weighted by atomic mass is 16.5. The van der Waals surface area contributed by atoms with Crippen LogP contribution in [0.1, 0.15) is 39.0 Å². The number of ether oxygens (including phenoxy) is 2. The lowest BCUT2D eigenvalue weighted by molar-refractivity contribution is -0.212. The lowest BCUT2D eigenvalue weighted by Crippen LogP contribution is -2.61. The molecule has 4 heteroatoms. The summed E-state index contributed by atoms with van der Waals surface area (Å²) in [5.41, 5.74) is -1.70. The van der Waals surface area contributed by atoms with Crippen molar-refractivity contribution in [3.63, 3.8) is 0 Å². The van der Waals surface area contributed by atoms with E-state index in [0.29, 0.717) is 19.6 Å². The van der Waals surface area contributed by atoms with Crippen LogP contribution in [-0.4, -0.2) is 36.5 Å². The number of aliphatic hydroxyl groups is 1. The zero-order chi connectivity index (χ0) is 11.6.